The summed E-state index contributed by atoms with van der Waals surface area (Å²) in [6.07, 6.45) is 4.76. The van der Waals surface area contributed by atoms with Crippen molar-refractivity contribution in [3.05, 3.63) is 48.3 Å². The second-order valence-electron chi connectivity index (χ2n) is 4.93. The lowest BCUT2D eigenvalue weighted by molar-refractivity contribution is 0.422. The van der Waals surface area contributed by atoms with Gasteiger partial charge in [0, 0.05) is 17.9 Å². The Balaban J connectivity index is 2.14. The van der Waals surface area contributed by atoms with Crippen molar-refractivity contribution in [1.82, 2.24) is 15.1 Å². The minimum Gasteiger partial charge on any atom is -0.314 e. The van der Waals surface area contributed by atoms with Gasteiger partial charge >= 0.3 is 0 Å². The highest BCUT2D eigenvalue weighted by molar-refractivity contribution is 5.34. The van der Waals surface area contributed by atoms with E-state index in [9.17, 15) is 0 Å². The summed E-state index contributed by atoms with van der Waals surface area (Å²) in [6.45, 7) is 4.41. The number of benzene rings is 1. The van der Waals surface area contributed by atoms with Crippen molar-refractivity contribution < 1.29 is 0 Å². The summed E-state index contributed by atoms with van der Waals surface area (Å²) in [5.41, 5.74) is 2.56. The second kappa shape index (κ2) is 4.72. The first-order chi connectivity index (χ1) is 8.11. The molecule has 0 amide bonds. The normalized spacial score (nSPS) is 11.7. The summed E-state index contributed by atoms with van der Waals surface area (Å²) < 4.78 is 1.87. The van der Waals surface area contributed by atoms with Crippen LogP contribution in [0.4, 0.5) is 0 Å². The summed E-state index contributed by atoms with van der Waals surface area (Å²) in [4.78, 5) is 0. The van der Waals surface area contributed by atoms with Crippen molar-refractivity contribution in [3.63, 3.8) is 0 Å². The van der Waals surface area contributed by atoms with Gasteiger partial charge < -0.3 is 5.32 Å². The molecule has 0 aliphatic carbocycles. The van der Waals surface area contributed by atoms with Crippen LogP contribution in [-0.4, -0.2) is 22.4 Å². The molecule has 1 N–H and O–H groups in total. The van der Waals surface area contributed by atoms with E-state index in [0.717, 1.165) is 12.1 Å². The maximum absolute atomic E-state index is 4.21. The van der Waals surface area contributed by atoms with Crippen molar-refractivity contribution in [2.45, 2.75) is 25.8 Å². The summed E-state index contributed by atoms with van der Waals surface area (Å²) in [6, 6.07) is 10.5. The smallest absolute Gasteiger partial charge is 0.0645 e. The third-order valence-corrected chi connectivity index (χ3v) is 3.03. The lowest BCUT2D eigenvalue weighted by Crippen LogP contribution is -2.38. The van der Waals surface area contributed by atoms with Crippen LogP contribution >= 0.6 is 0 Å². The molecule has 2 rings (SSSR count). The van der Waals surface area contributed by atoms with E-state index in [-0.39, 0.29) is 5.54 Å². The molecule has 90 valence electrons. The zero-order chi connectivity index (χ0) is 12.3. The fourth-order valence-electron chi connectivity index (χ4n) is 1.79. The Labute approximate surface area is 102 Å². The Morgan fingerprint density at radius 2 is 1.94 bits per heavy atom. The molecule has 0 atom stereocenters. The molecule has 0 aliphatic heterocycles. The molecule has 3 heteroatoms. The molecule has 0 fully saturated rings. The van der Waals surface area contributed by atoms with Crippen LogP contribution in [0.15, 0.2) is 42.7 Å². The largest absolute Gasteiger partial charge is 0.314 e. The monoisotopic (exact) mass is 229 g/mol. The van der Waals surface area contributed by atoms with Crippen molar-refractivity contribution >= 4 is 0 Å². The third-order valence-electron chi connectivity index (χ3n) is 3.03. The molecule has 1 aromatic heterocycles. The fraction of sp³-hybridized carbons (Fsp3) is 0.357. The number of nitrogens with zero attached hydrogens (tertiary/aromatic N) is 2. The van der Waals surface area contributed by atoms with Gasteiger partial charge in [-0.3, -0.25) is 0 Å². The molecule has 1 aromatic carbocycles. The standard InChI is InChI=1S/C14H19N3/c1-14(2,15-3)11-12-5-7-13(8-6-12)17-10-4-9-16-17/h4-10,15H,11H2,1-3H3. The molecular formula is C14H19N3. The predicted molar refractivity (Wildman–Crippen MR) is 70.4 cm³/mol. The maximum Gasteiger partial charge on any atom is 0.0645 e. The van der Waals surface area contributed by atoms with E-state index < -0.39 is 0 Å². The lowest BCUT2D eigenvalue weighted by Gasteiger charge is -2.24. The number of nitrogens with one attached hydrogen (secondary N) is 1. The summed E-state index contributed by atoms with van der Waals surface area (Å²) >= 11 is 0. The summed E-state index contributed by atoms with van der Waals surface area (Å²) in [7, 11) is 2.00. The molecule has 0 aliphatic rings. The number of likely N-dealkylation sites (N-methyl/N-ethyl adjacent to an activating group) is 1. The molecule has 0 radical (unpaired) electrons. The minimum absolute atomic E-state index is 0.132. The van der Waals surface area contributed by atoms with E-state index in [4.69, 9.17) is 0 Å². The van der Waals surface area contributed by atoms with Gasteiger partial charge in [-0.25, -0.2) is 4.68 Å². The Morgan fingerprint density at radius 1 is 1.24 bits per heavy atom. The zero-order valence-corrected chi connectivity index (χ0v) is 10.6. The average molecular weight is 229 g/mol. The van der Waals surface area contributed by atoms with Gasteiger partial charge in [0.25, 0.3) is 0 Å². The number of aromatic nitrogens is 2. The third kappa shape index (κ3) is 2.94. The Kier molecular flexibility index (Phi) is 3.29. The van der Waals surface area contributed by atoms with Gasteiger partial charge in [0.2, 0.25) is 0 Å². The van der Waals surface area contributed by atoms with Crippen molar-refractivity contribution in [2.75, 3.05) is 7.05 Å². The van der Waals surface area contributed by atoms with Crippen molar-refractivity contribution in [2.24, 2.45) is 0 Å². The molecule has 0 saturated heterocycles. The molecule has 0 bridgehead atoms. The van der Waals surface area contributed by atoms with Crippen LogP contribution in [0.1, 0.15) is 19.4 Å². The minimum atomic E-state index is 0.132. The van der Waals surface area contributed by atoms with Crippen LogP contribution in [0.25, 0.3) is 5.69 Å². The van der Waals surface area contributed by atoms with Gasteiger partial charge in [0.15, 0.2) is 0 Å². The van der Waals surface area contributed by atoms with Crippen LogP contribution in [0.3, 0.4) is 0 Å². The quantitative estimate of drug-likeness (QED) is 0.872. The highest BCUT2D eigenvalue weighted by Gasteiger charge is 2.14. The molecule has 0 unspecified atom stereocenters. The van der Waals surface area contributed by atoms with E-state index in [1.807, 2.05) is 24.0 Å². The Morgan fingerprint density at radius 3 is 2.47 bits per heavy atom. The summed E-state index contributed by atoms with van der Waals surface area (Å²) in [5, 5.41) is 7.53. The van der Waals surface area contributed by atoms with Crippen LogP contribution in [0, 0.1) is 0 Å². The first kappa shape index (κ1) is 11.9. The predicted octanol–water partition coefficient (Wildman–Crippen LogP) is 2.41. The first-order valence-corrected chi connectivity index (χ1v) is 5.89. The molecule has 2 aromatic rings. The van der Waals surface area contributed by atoms with Gasteiger partial charge in [0.1, 0.15) is 0 Å². The highest BCUT2D eigenvalue weighted by Crippen LogP contribution is 2.14. The molecule has 3 nitrogen and oxygen atoms in total. The maximum atomic E-state index is 4.21. The van der Waals surface area contributed by atoms with Crippen LogP contribution in [-0.2, 0) is 6.42 Å². The fourth-order valence-corrected chi connectivity index (χ4v) is 1.79. The molecule has 0 saturated carbocycles. The van der Waals surface area contributed by atoms with Crippen molar-refractivity contribution in [1.29, 1.82) is 0 Å². The molecule has 1 heterocycles. The van der Waals surface area contributed by atoms with E-state index in [2.05, 4.69) is 48.5 Å². The second-order valence-corrected chi connectivity index (χ2v) is 4.93. The van der Waals surface area contributed by atoms with Gasteiger partial charge in [-0.2, -0.15) is 5.10 Å². The summed E-state index contributed by atoms with van der Waals surface area (Å²) in [5.74, 6) is 0. The van der Waals surface area contributed by atoms with Crippen LogP contribution < -0.4 is 5.32 Å². The van der Waals surface area contributed by atoms with Gasteiger partial charge in [-0.05, 0) is 51.1 Å². The number of hydrogen-bond acceptors (Lipinski definition) is 2. The van der Waals surface area contributed by atoms with Crippen molar-refractivity contribution in [3.8, 4) is 5.69 Å². The highest BCUT2D eigenvalue weighted by atomic mass is 15.3. The number of rotatable bonds is 4. The number of hydrogen-bond donors (Lipinski definition) is 1. The Bertz CT molecular complexity index is 455. The van der Waals surface area contributed by atoms with Gasteiger partial charge in [-0.1, -0.05) is 12.1 Å². The van der Waals surface area contributed by atoms with E-state index in [0.29, 0.717) is 0 Å². The van der Waals surface area contributed by atoms with Gasteiger partial charge in [-0.15, -0.1) is 0 Å². The zero-order valence-electron chi connectivity index (χ0n) is 10.6. The van der Waals surface area contributed by atoms with Crippen LogP contribution in [0.2, 0.25) is 0 Å². The first-order valence-electron chi connectivity index (χ1n) is 5.89. The van der Waals surface area contributed by atoms with E-state index in [1.54, 1.807) is 6.20 Å². The van der Waals surface area contributed by atoms with E-state index in [1.165, 1.54) is 5.56 Å². The lowest BCUT2D eigenvalue weighted by atomic mass is 9.95. The topological polar surface area (TPSA) is 29.9 Å². The van der Waals surface area contributed by atoms with Gasteiger partial charge in [0.05, 0.1) is 5.69 Å². The SMILES string of the molecule is CNC(C)(C)Cc1ccc(-n2cccn2)cc1. The van der Waals surface area contributed by atoms with E-state index >= 15 is 0 Å². The van der Waals surface area contributed by atoms with Crippen LogP contribution in [0.5, 0.6) is 0 Å². The molecule has 0 spiro atoms. The molecular weight excluding hydrogens is 210 g/mol. The Hall–Kier alpha value is -1.61. The molecule has 17 heavy (non-hydrogen) atoms. The average Bonchev–Trinajstić information content (AvgIpc) is 2.83.